The van der Waals surface area contributed by atoms with Gasteiger partial charge in [0.25, 0.3) is 0 Å². The Morgan fingerprint density at radius 2 is 2.29 bits per heavy atom. The lowest BCUT2D eigenvalue weighted by Gasteiger charge is -2.19. The molecule has 0 radical (unpaired) electrons. The maximum Gasteiger partial charge on any atom is 0.224 e. The second-order valence-corrected chi connectivity index (χ2v) is 5.60. The van der Waals surface area contributed by atoms with Gasteiger partial charge in [-0.2, -0.15) is 4.98 Å². The summed E-state index contributed by atoms with van der Waals surface area (Å²) >= 11 is 3.51. The molecule has 0 aromatic carbocycles. The molecule has 4 nitrogen and oxygen atoms in total. The van der Waals surface area contributed by atoms with Crippen LogP contribution in [0, 0.1) is 11.8 Å². The highest BCUT2D eigenvalue weighted by Crippen LogP contribution is 2.39. The first kappa shape index (κ1) is 12.6. The second-order valence-electron chi connectivity index (χ2n) is 4.75. The van der Waals surface area contributed by atoms with E-state index in [-0.39, 0.29) is 0 Å². The summed E-state index contributed by atoms with van der Waals surface area (Å²) in [6.45, 7) is 6.26. The molecule has 0 aliphatic heterocycles. The maximum absolute atomic E-state index is 4.52. The highest BCUT2D eigenvalue weighted by Gasteiger charge is 2.33. The number of hydrogen-bond donors (Lipinski definition) is 1. The molecular weight excluding hydrogens is 280 g/mol. The number of anilines is 2. The maximum atomic E-state index is 4.52. The van der Waals surface area contributed by atoms with Crippen LogP contribution in [0.3, 0.4) is 0 Å². The predicted molar refractivity (Wildman–Crippen MR) is 74.4 cm³/mol. The number of aromatic nitrogens is 2. The van der Waals surface area contributed by atoms with Gasteiger partial charge in [0, 0.05) is 26.3 Å². The molecule has 2 rings (SSSR count). The summed E-state index contributed by atoms with van der Waals surface area (Å²) in [6, 6.07) is 0. The van der Waals surface area contributed by atoms with E-state index in [4.69, 9.17) is 0 Å². The fraction of sp³-hybridized carbons (Fsp3) is 0.667. The minimum atomic E-state index is 0.696. The van der Waals surface area contributed by atoms with Crippen molar-refractivity contribution in [1.82, 2.24) is 9.97 Å². The lowest BCUT2D eigenvalue weighted by Crippen LogP contribution is -2.22. The van der Waals surface area contributed by atoms with Crippen LogP contribution in [0.5, 0.6) is 0 Å². The first-order chi connectivity index (χ1) is 8.11. The average Bonchev–Trinajstić information content (AvgIpc) is 2.97. The lowest BCUT2D eigenvalue weighted by atomic mass is 10.3. The Labute approximate surface area is 111 Å². The van der Waals surface area contributed by atoms with Crippen molar-refractivity contribution >= 4 is 27.7 Å². The number of halogens is 1. The van der Waals surface area contributed by atoms with Gasteiger partial charge in [0.2, 0.25) is 5.95 Å². The largest absolute Gasteiger partial charge is 0.358 e. The summed E-state index contributed by atoms with van der Waals surface area (Å²) in [6.07, 6.45) is 3.15. The van der Waals surface area contributed by atoms with Gasteiger partial charge in [-0.3, -0.25) is 0 Å². The van der Waals surface area contributed by atoms with Crippen LogP contribution in [-0.4, -0.2) is 30.1 Å². The van der Waals surface area contributed by atoms with E-state index in [9.17, 15) is 0 Å². The van der Waals surface area contributed by atoms with Gasteiger partial charge in [0.05, 0.1) is 4.47 Å². The van der Waals surface area contributed by atoms with E-state index >= 15 is 0 Å². The Kier molecular flexibility index (Phi) is 3.86. The number of nitrogens with zero attached hydrogens (tertiary/aromatic N) is 3. The average molecular weight is 299 g/mol. The first-order valence-corrected chi connectivity index (χ1v) is 6.88. The summed E-state index contributed by atoms with van der Waals surface area (Å²) in [5, 5.41) is 3.14. The topological polar surface area (TPSA) is 41.1 Å². The molecule has 1 fully saturated rings. The van der Waals surface area contributed by atoms with Crippen LogP contribution in [-0.2, 0) is 0 Å². The Morgan fingerprint density at radius 1 is 1.59 bits per heavy atom. The van der Waals surface area contributed by atoms with Crippen LogP contribution >= 0.6 is 15.9 Å². The van der Waals surface area contributed by atoms with Crippen LogP contribution in [0.4, 0.5) is 11.8 Å². The van der Waals surface area contributed by atoms with Crippen molar-refractivity contribution in [2.45, 2.75) is 20.3 Å². The molecule has 1 aromatic heterocycles. The second kappa shape index (κ2) is 5.21. The van der Waals surface area contributed by atoms with Crippen molar-refractivity contribution in [3.63, 3.8) is 0 Å². The molecule has 1 heterocycles. The van der Waals surface area contributed by atoms with Crippen molar-refractivity contribution in [2.75, 3.05) is 30.4 Å². The molecule has 1 aliphatic rings. The molecule has 2 atom stereocenters. The molecule has 0 spiro atoms. The Bertz CT molecular complexity index is 396. The minimum Gasteiger partial charge on any atom is -0.358 e. The van der Waals surface area contributed by atoms with Crippen LogP contribution < -0.4 is 10.2 Å². The summed E-state index contributed by atoms with van der Waals surface area (Å²) in [7, 11) is 2.09. The molecule has 2 unspecified atom stereocenters. The van der Waals surface area contributed by atoms with Gasteiger partial charge >= 0.3 is 0 Å². The van der Waals surface area contributed by atoms with Crippen LogP contribution in [0.25, 0.3) is 0 Å². The van der Waals surface area contributed by atoms with Crippen molar-refractivity contribution in [2.24, 2.45) is 11.8 Å². The molecule has 5 heteroatoms. The molecule has 94 valence electrons. The molecule has 1 aromatic rings. The fourth-order valence-corrected chi connectivity index (χ4v) is 2.45. The number of nitrogens with one attached hydrogen (secondary N) is 1. The summed E-state index contributed by atoms with van der Waals surface area (Å²) < 4.78 is 0.954. The van der Waals surface area contributed by atoms with Crippen LogP contribution in [0.15, 0.2) is 10.7 Å². The summed E-state index contributed by atoms with van der Waals surface area (Å²) in [5.41, 5.74) is 0. The van der Waals surface area contributed by atoms with E-state index in [2.05, 4.69) is 50.1 Å². The third kappa shape index (κ3) is 3.09. The zero-order chi connectivity index (χ0) is 12.4. The molecule has 1 N–H and O–H groups in total. The monoisotopic (exact) mass is 298 g/mol. The molecule has 1 aliphatic carbocycles. The Morgan fingerprint density at radius 3 is 2.88 bits per heavy atom. The Hall–Kier alpha value is -0.840. The van der Waals surface area contributed by atoms with E-state index in [1.807, 2.05) is 13.1 Å². The number of hydrogen-bond acceptors (Lipinski definition) is 4. The summed E-state index contributed by atoms with van der Waals surface area (Å²) in [4.78, 5) is 11.0. The van der Waals surface area contributed by atoms with Gasteiger partial charge in [-0.25, -0.2) is 4.98 Å². The van der Waals surface area contributed by atoms with Crippen molar-refractivity contribution < 1.29 is 0 Å². The van der Waals surface area contributed by atoms with E-state index in [1.54, 1.807) is 0 Å². The standard InChI is InChI=1S/C12H19BrN4/c1-4-14-12-15-6-10(13)11(16-12)17(3)7-9-5-8(9)2/h6,8-9H,4-5,7H2,1-3H3,(H,14,15,16). The quantitative estimate of drug-likeness (QED) is 0.907. The summed E-state index contributed by atoms with van der Waals surface area (Å²) in [5.74, 6) is 3.35. The lowest BCUT2D eigenvalue weighted by molar-refractivity contribution is 0.717. The smallest absolute Gasteiger partial charge is 0.224 e. The van der Waals surface area contributed by atoms with Crippen LogP contribution in [0.1, 0.15) is 20.3 Å². The highest BCUT2D eigenvalue weighted by atomic mass is 79.9. The van der Waals surface area contributed by atoms with Gasteiger partial charge in [0.1, 0.15) is 5.82 Å². The zero-order valence-corrected chi connectivity index (χ0v) is 12.2. The SMILES string of the molecule is CCNc1ncc(Br)c(N(C)CC2CC2C)n1. The third-order valence-corrected chi connectivity index (χ3v) is 3.77. The zero-order valence-electron chi connectivity index (χ0n) is 10.6. The van der Waals surface area contributed by atoms with Gasteiger partial charge < -0.3 is 10.2 Å². The first-order valence-electron chi connectivity index (χ1n) is 6.09. The normalized spacial score (nSPS) is 22.4. The third-order valence-electron chi connectivity index (χ3n) is 3.21. The van der Waals surface area contributed by atoms with E-state index in [1.165, 1.54) is 6.42 Å². The van der Waals surface area contributed by atoms with Crippen LogP contribution in [0.2, 0.25) is 0 Å². The number of rotatable bonds is 5. The van der Waals surface area contributed by atoms with E-state index < -0.39 is 0 Å². The minimum absolute atomic E-state index is 0.696. The van der Waals surface area contributed by atoms with Crippen molar-refractivity contribution in [3.8, 4) is 0 Å². The molecule has 1 saturated carbocycles. The molecule has 0 bridgehead atoms. The van der Waals surface area contributed by atoms with Gasteiger partial charge in [-0.05, 0) is 41.1 Å². The van der Waals surface area contributed by atoms with E-state index in [0.717, 1.165) is 35.2 Å². The fourth-order valence-electron chi connectivity index (χ4n) is 1.96. The molecular formula is C12H19BrN4. The van der Waals surface area contributed by atoms with Gasteiger partial charge in [-0.1, -0.05) is 6.92 Å². The highest BCUT2D eigenvalue weighted by molar-refractivity contribution is 9.10. The molecule has 17 heavy (non-hydrogen) atoms. The molecule has 0 amide bonds. The Balaban J connectivity index is 2.09. The van der Waals surface area contributed by atoms with Crippen molar-refractivity contribution in [1.29, 1.82) is 0 Å². The predicted octanol–water partition coefficient (Wildman–Crippen LogP) is 2.76. The van der Waals surface area contributed by atoms with Gasteiger partial charge in [-0.15, -0.1) is 0 Å². The van der Waals surface area contributed by atoms with Gasteiger partial charge in [0.15, 0.2) is 0 Å². The van der Waals surface area contributed by atoms with E-state index in [0.29, 0.717) is 5.95 Å². The van der Waals surface area contributed by atoms with Crippen molar-refractivity contribution in [3.05, 3.63) is 10.7 Å². The molecule has 0 saturated heterocycles.